The molecule has 7 heteroatoms. The van der Waals surface area contributed by atoms with Crippen molar-refractivity contribution >= 4 is 17.8 Å². The SMILES string of the molecule is CC(=O)NC(=O)Nc1nn(-c2ccccc2)nc1-c1ccccc1. The first kappa shape index (κ1) is 15.4. The molecule has 0 aliphatic rings. The van der Waals surface area contributed by atoms with Gasteiger partial charge in [0.05, 0.1) is 5.69 Å². The summed E-state index contributed by atoms with van der Waals surface area (Å²) in [7, 11) is 0. The zero-order chi connectivity index (χ0) is 16.9. The van der Waals surface area contributed by atoms with E-state index in [0.717, 1.165) is 11.3 Å². The van der Waals surface area contributed by atoms with E-state index in [1.165, 1.54) is 11.7 Å². The van der Waals surface area contributed by atoms with E-state index >= 15 is 0 Å². The Hall–Kier alpha value is -3.48. The van der Waals surface area contributed by atoms with E-state index in [-0.39, 0.29) is 5.82 Å². The van der Waals surface area contributed by atoms with Gasteiger partial charge in [0.1, 0.15) is 5.69 Å². The van der Waals surface area contributed by atoms with Crippen molar-refractivity contribution in [1.82, 2.24) is 20.3 Å². The molecular formula is C17H15N5O2. The minimum absolute atomic E-state index is 0.267. The Morgan fingerprint density at radius 3 is 2.17 bits per heavy atom. The molecule has 0 radical (unpaired) electrons. The second-order valence-electron chi connectivity index (χ2n) is 5.02. The Balaban J connectivity index is 2.00. The number of nitrogens with one attached hydrogen (secondary N) is 2. The number of nitrogens with zero attached hydrogens (tertiary/aromatic N) is 3. The van der Waals surface area contributed by atoms with Crippen LogP contribution in [0.2, 0.25) is 0 Å². The maximum Gasteiger partial charge on any atom is 0.327 e. The number of anilines is 1. The molecule has 0 bridgehead atoms. The van der Waals surface area contributed by atoms with Gasteiger partial charge >= 0.3 is 6.03 Å². The number of aromatic nitrogens is 3. The molecule has 2 N–H and O–H groups in total. The molecule has 0 aliphatic heterocycles. The molecule has 3 rings (SSSR count). The van der Waals surface area contributed by atoms with Gasteiger partial charge in [0.25, 0.3) is 0 Å². The van der Waals surface area contributed by atoms with Crippen LogP contribution in [0.15, 0.2) is 60.7 Å². The molecule has 2 aromatic carbocycles. The van der Waals surface area contributed by atoms with E-state index < -0.39 is 11.9 Å². The van der Waals surface area contributed by atoms with Gasteiger partial charge < -0.3 is 0 Å². The van der Waals surface area contributed by atoms with Crippen LogP contribution in [0.25, 0.3) is 16.9 Å². The van der Waals surface area contributed by atoms with Crippen LogP contribution in [0.1, 0.15) is 6.92 Å². The van der Waals surface area contributed by atoms with Crippen LogP contribution < -0.4 is 10.6 Å². The number of carbonyl (C=O) groups is 2. The smallest absolute Gasteiger partial charge is 0.289 e. The van der Waals surface area contributed by atoms with Crippen molar-refractivity contribution in [1.29, 1.82) is 0 Å². The number of hydrogen-bond acceptors (Lipinski definition) is 4. The molecule has 0 aliphatic carbocycles. The number of amides is 3. The summed E-state index contributed by atoms with van der Waals surface area (Å²) in [5.41, 5.74) is 2.07. The fraction of sp³-hybridized carbons (Fsp3) is 0.0588. The van der Waals surface area contributed by atoms with E-state index in [1.807, 2.05) is 60.7 Å². The molecule has 0 atom stereocenters. The Morgan fingerprint density at radius 1 is 0.917 bits per heavy atom. The lowest BCUT2D eigenvalue weighted by atomic mass is 10.1. The first-order valence-electron chi connectivity index (χ1n) is 7.30. The number of hydrogen-bond donors (Lipinski definition) is 2. The maximum atomic E-state index is 11.8. The van der Waals surface area contributed by atoms with Gasteiger partial charge in [-0.15, -0.1) is 15.0 Å². The summed E-state index contributed by atoms with van der Waals surface area (Å²) >= 11 is 0. The molecule has 24 heavy (non-hydrogen) atoms. The van der Waals surface area contributed by atoms with Crippen molar-refractivity contribution < 1.29 is 9.59 Å². The van der Waals surface area contributed by atoms with Gasteiger partial charge in [0.2, 0.25) is 5.91 Å². The Bertz CT molecular complexity index is 859. The Kier molecular flexibility index (Phi) is 4.33. The second kappa shape index (κ2) is 6.74. The standard InChI is InChI=1S/C17H15N5O2/c1-12(23)18-17(24)19-16-15(13-8-4-2-5-9-13)20-22(21-16)14-10-6-3-7-11-14/h2-11H,1H3,(H2,18,19,21,23,24). The average Bonchev–Trinajstić information content (AvgIpc) is 2.99. The van der Waals surface area contributed by atoms with Crippen molar-refractivity contribution in [3.05, 3.63) is 60.7 Å². The number of para-hydroxylation sites is 1. The quantitative estimate of drug-likeness (QED) is 0.776. The fourth-order valence-corrected chi connectivity index (χ4v) is 2.16. The molecule has 1 aromatic heterocycles. The van der Waals surface area contributed by atoms with E-state index in [0.29, 0.717) is 5.69 Å². The van der Waals surface area contributed by atoms with Gasteiger partial charge in [0.15, 0.2) is 5.82 Å². The summed E-state index contributed by atoms with van der Waals surface area (Å²) in [4.78, 5) is 24.3. The van der Waals surface area contributed by atoms with Crippen molar-refractivity contribution in [2.75, 3.05) is 5.32 Å². The fourth-order valence-electron chi connectivity index (χ4n) is 2.16. The molecule has 3 amide bonds. The summed E-state index contributed by atoms with van der Waals surface area (Å²) < 4.78 is 0. The van der Waals surface area contributed by atoms with E-state index in [9.17, 15) is 9.59 Å². The largest absolute Gasteiger partial charge is 0.327 e. The third kappa shape index (κ3) is 3.46. The molecule has 0 fully saturated rings. The predicted molar refractivity (Wildman–Crippen MR) is 89.6 cm³/mol. The second-order valence-corrected chi connectivity index (χ2v) is 5.02. The third-order valence-corrected chi connectivity index (χ3v) is 3.17. The summed E-state index contributed by atoms with van der Waals surface area (Å²) in [6.45, 7) is 1.26. The van der Waals surface area contributed by atoms with Gasteiger partial charge in [-0.2, -0.15) is 0 Å². The highest BCUT2D eigenvalue weighted by atomic mass is 16.2. The van der Waals surface area contributed by atoms with Crippen LogP contribution in [0, 0.1) is 0 Å². The first-order valence-corrected chi connectivity index (χ1v) is 7.30. The molecule has 0 saturated heterocycles. The molecule has 7 nitrogen and oxygen atoms in total. The lowest BCUT2D eigenvalue weighted by Crippen LogP contribution is -2.32. The minimum atomic E-state index is -0.653. The number of rotatable bonds is 3. The number of carbonyl (C=O) groups excluding carboxylic acids is 2. The van der Waals surface area contributed by atoms with Gasteiger partial charge in [-0.25, -0.2) is 4.79 Å². The average molecular weight is 321 g/mol. The summed E-state index contributed by atoms with van der Waals surface area (Å²) in [5.74, 6) is -0.187. The van der Waals surface area contributed by atoms with Crippen molar-refractivity contribution in [2.24, 2.45) is 0 Å². The molecular weight excluding hydrogens is 306 g/mol. The van der Waals surface area contributed by atoms with Crippen molar-refractivity contribution in [3.63, 3.8) is 0 Å². The Labute approximate surface area is 138 Å². The van der Waals surface area contributed by atoms with Crippen LogP contribution in [0.5, 0.6) is 0 Å². The highest BCUT2D eigenvalue weighted by Crippen LogP contribution is 2.25. The molecule has 120 valence electrons. The third-order valence-electron chi connectivity index (χ3n) is 3.17. The number of urea groups is 1. The molecule has 3 aromatic rings. The summed E-state index contributed by atoms with van der Waals surface area (Å²) in [6, 6.07) is 18.1. The molecule has 0 spiro atoms. The van der Waals surface area contributed by atoms with Gasteiger partial charge in [-0.1, -0.05) is 48.5 Å². The molecule has 0 unspecified atom stereocenters. The topological polar surface area (TPSA) is 88.9 Å². The van der Waals surface area contributed by atoms with E-state index in [1.54, 1.807) is 0 Å². The molecule has 0 saturated carbocycles. The normalized spacial score (nSPS) is 10.2. The van der Waals surface area contributed by atoms with Crippen molar-refractivity contribution in [2.45, 2.75) is 6.92 Å². The minimum Gasteiger partial charge on any atom is -0.289 e. The summed E-state index contributed by atoms with van der Waals surface area (Å²) in [5, 5.41) is 13.5. The molecule has 1 heterocycles. The number of benzene rings is 2. The summed E-state index contributed by atoms with van der Waals surface area (Å²) in [6.07, 6.45) is 0. The van der Waals surface area contributed by atoms with Crippen LogP contribution in [-0.4, -0.2) is 26.9 Å². The van der Waals surface area contributed by atoms with Crippen LogP contribution in [0.4, 0.5) is 10.6 Å². The lowest BCUT2D eigenvalue weighted by Gasteiger charge is -2.03. The van der Waals surface area contributed by atoms with Crippen LogP contribution >= 0.6 is 0 Å². The monoisotopic (exact) mass is 321 g/mol. The van der Waals surface area contributed by atoms with Crippen LogP contribution in [0.3, 0.4) is 0 Å². The van der Waals surface area contributed by atoms with Gasteiger partial charge in [0, 0.05) is 12.5 Å². The first-order chi connectivity index (χ1) is 11.6. The highest BCUT2D eigenvalue weighted by molar-refractivity contribution is 6.01. The highest BCUT2D eigenvalue weighted by Gasteiger charge is 2.16. The maximum absolute atomic E-state index is 11.8. The zero-order valence-corrected chi connectivity index (χ0v) is 12.9. The Morgan fingerprint density at radius 2 is 1.54 bits per heavy atom. The van der Waals surface area contributed by atoms with E-state index in [2.05, 4.69) is 20.8 Å². The van der Waals surface area contributed by atoms with Crippen molar-refractivity contribution in [3.8, 4) is 16.9 Å². The predicted octanol–water partition coefficient (Wildman–Crippen LogP) is 2.60. The van der Waals surface area contributed by atoms with Gasteiger partial charge in [-0.3, -0.25) is 15.4 Å². The van der Waals surface area contributed by atoms with E-state index in [4.69, 9.17) is 0 Å². The zero-order valence-electron chi connectivity index (χ0n) is 12.9. The number of imide groups is 1. The van der Waals surface area contributed by atoms with Crippen LogP contribution in [-0.2, 0) is 4.79 Å². The van der Waals surface area contributed by atoms with Gasteiger partial charge in [-0.05, 0) is 12.1 Å². The lowest BCUT2D eigenvalue weighted by molar-refractivity contribution is -0.117.